The summed E-state index contributed by atoms with van der Waals surface area (Å²) in [6, 6.07) is 6.83. The Kier molecular flexibility index (Phi) is 3.44. The molecule has 1 fully saturated rings. The van der Waals surface area contributed by atoms with E-state index in [-0.39, 0.29) is 5.78 Å². The van der Waals surface area contributed by atoms with E-state index >= 15 is 0 Å². The fourth-order valence-electron chi connectivity index (χ4n) is 3.15. The Hall–Kier alpha value is -1.15. The number of nitrogens with zero attached hydrogens (tertiary/aromatic N) is 1. The summed E-state index contributed by atoms with van der Waals surface area (Å²) < 4.78 is 0. The van der Waals surface area contributed by atoms with Crippen LogP contribution < -0.4 is 0 Å². The van der Waals surface area contributed by atoms with Crippen molar-refractivity contribution < 1.29 is 4.79 Å². The van der Waals surface area contributed by atoms with Crippen LogP contribution in [0.1, 0.15) is 47.7 Å². The van der Waals surface area contributed by atoms with Crippen molar-refractivity contribution in [3.05, 3.63) is 34.9 Å². The Balaban J connectivity index is 1.66. The van der Waals surface area contributed by atoms with E-state index in [4.69, 9.17) is 0 Å². The molecule has 2 heteroatoms. The molecule has 0 aromatic heterocycles. The molecule has 1 saturated carbocycles. The summed E-state index contributed by atoms with van der Waals surface area (Å²) >= 11 is 0. The summed E-state index contributed by atoms with van der Waals surface area (Å²) in [6.45, 7) is 2.80. The molecular weight excluding hydrogens is 234 g/mol. The summed E-state index contributed by atoms with van der Waals surface area (Å²) in [5.41, 5.74) is 3.73. The summed E-state index contributed by atoms with van der Waals surface area (Å²) in [7, 11) is 2.08. The lowest BCUT2D eigenvalue weighted by atomic mass is 10.0. The van der Waals surface area contributed by atoms with Crippen LogP contribution in [-0.2, 0) is 12.8 Å². The fraction of sp³-hybridized carbons (Fsp3) is 0.588. The monoisotopic (exact) mass is 257 g/mol. The van der Waals surface area contributed by atoms with Gasteiger partial charge in [-0.3, -0.25) is 9.69 Å². The minimum absolute atomic E-state index is 0.268. The summed E-state index contributed by atoms with van der Waals surface area (Å²) in [6.07, 6.45) is 6.23. The lowest BCUT2D eigenvalue weighted by Gasteiger charge is -2.23. The van der Waals surface area contributed by atoms with Crippen molar-refractivity contribution in [3.8, 4) is 0 Å². The molecule has 1 atom stereocenters. The van der Waals surface area contributed by atoms with Gasteiger partial charge in [-0.25, -0.2) is 0 Å². The number of rotatable bonds is 5. The summed E-state index contributed by atoms with van der Waals surface area (Å²) in [5, 5.41) is 0. The minimum atomic E-state index is 0.268. The third kappa shape index (κ3) is 2.74. The van der Waals surface area contributed by atoms with E-state index in [0.29, 0.717) is 12.6 Å². The van der Waals surface area contributed by atoms with Crippen LogP contribution in [0.5, 0.6) is 0 Å². The predicted molar refractivity (Wildman–Crippen MR) is 77.6 cm³/mol. The number of Topliss-reactive ketones (excluding diaryl/α,β-unsaturated/α-hetero) is 1. The van der Waals surface area contributed by atoms with Crippen molar-refractivity contribution >= 4 is 5.78 Å². The largest absolute Gasteiger partial charge is 0.296 e. The molecule has 1 aromatic rings. The first-order chi connectivity index (χ1) is 9.15. The minimum Gasteiger partial charge on any atom is -0.296 e. The van der Waals surface area contributed by atoms with Gasteiger partial charge < -0.3 is 0 Å². The molecule has 2 nitrogen and oxygen atoms in total. The van der Waals surface area contributed by atoms with Crippen molar-refractivity contribution in [2.75, 3.05) is 13.6 Å². The van der Waals surface area contributed by atoms with E-state index in [9.17, 15) is 4.79 Å². The molecule has 0 amide bonds. The molecule has 0 heterocycles. The van der Waals surface area contributed by atoms with Crippen LogP contribution in [0, 0.1) is 5.92 Å². The smallest absolute Gasteiger partial charge is 0.176 e. The summed E-state index contributed by atoms with van der Waals surface area (Å²) in [4.78, 5) is 14.6. The predicted octanol–water partition coefficient (Wildman–Crippen LogP) is 3.09. The van der Waals surface area contributed by atoms with Gasteiger partial charge in [0.25, 0.3) is 0 Å². The van der Waals surface area contributed by atoms with Crippen molar-refractivity contribution in [1.29, 1.82) is 0 Å². The topological polar surface area (TPSA) is 20.3 Å². The number of carbonyl (C=O) groups is 1. The average Bonchev–Trinajstić information content (AvgIpc) is 3.15. The van der Waals surface area contributed by atoms with E-state index in [1.54, 1.807) is 0 Å². The molecule has 0 saturated heterocycles. The summed E-state index contributed by atoms with van der Waals surface area (Å²) in [5.74, 6) is 1.09. The Labute approximate surface area is 115 Å². The van der Waals surface area contributed by atoms with Gasteiger partial charge in [-0.05, 0) is 69.2 Å². The van der Waals surface area contributed by atoms with Crippen LogP contribution in [0.3, 0.4) is 0 Å². The van der Waals surface area contributed by atoms with Crippen molar-refractivity contribution in [1.82, 2.24) is 4.90 Å². The van der Waals surface area contributed by atoms with Crippen LogP contribution >= 0.6 is 0 Å². The van der Waals surface area contributed by atoms with Gasteiger partial charge in [0, 0.05) is 11.6 Å². The number of aryl methyl sites for hydroxylation is 2. The first-order valence-electron chi connectivity index (χ1n) is 7.50. The molecular formula is C17H23NO. The average molecular weight is 257 g/mol. The van der Waals surface area contributed by atoms with Crippen LogP contribution in [0.4, 0.5) is 0 Å². The highest BCUT2D eigenvalue weighted by Gasteiger charge is 2.31. The Morgan fingerprint density at radius 1 is 1.32 bits per heavy atom. The first kappa shape index (κ1) is 12.9. The maximum Gasteiger partial charge on any atom is 0.176 e. The van der Waals surface area contributed by atoms with E-state index in [1.165, 1.54) is 36.8 Å². The quantitative estimate of drug-likeness (QED) is 0.756. The van der Waals surface area contributed by atoms with Crippen LogP contribution in [0.15, 0.2) is 18.2 Å². The van der Waals surface area contributed by atoms with Gasteiger partial charge in [0.05, 0.1) is 6.54 Å². The van der Waals surface area contributed by atoms with Gasteiger partial charge in [-0.1, -0.05) is 12.1 Å². The maximum absolute atomic E-state index is 12.4. The van der Waals surface area contributed by atoms with Crippen molar-refractivity contribution in [2.45, 2.75) is 45.1 Å². The van der Waals surface area contributed by atoms with E-state index in [1.807, 2.05) is 6.07 Å². The Morgan fingerprint density at radius 3 is 2.79 bits per heavy atom. The van der Waals surface area contributed by atoms with E-state index < -0.39 is 0 Å². The van der Waals surface area contributed by atoms with E-state index in [0.717, 1.165) is 17.9 Å². The number of hydrogen-bond donors (Lipinski definition) is 0. The van der Waals surface area contributed by atoms with E-state index in [2.05, 4.69) is 31.0 Å². The third-order valence-corrected chi connectivity index (χ3v) is 4.81. The molecule has 1 aromatic carbocycles. The molecule has 2 aliphatic rings. The van der Waals surface area contributed by atoms with Crippen LogP contribution in [-0.4, -0.2) is 30.3 Å². The zero-order chi connectivity index (χ0) is 13.4. The second-order valence-electron chi connectivity index (χ2n) is 6.25. The number of benzene rings is 1. The van der Waals surface area contributed by atoms with Crippen molar-refractivity contribution in [2.24, 2.45) is 5.92 Å². The molecule has 19 heavy (non-hydrogen) atoms. The highest BCUT2D eigenvalue weighted by Crippen LogP contribution is 2.34. The standard InChI is InChI=1S/C17H23NO/c1-12(13-6-7-13)18(2)11-17(19)16-9-8-14-4-3-5-15(14)10-16/h8-10,12-13H,3-7,11H2,1-2H3. The van der Waals surface area contributed by atoms with Gasteiger partial charge in [-0.15, -0.1) is 0 Å². The molecule has 0 radical (unpaired) electrons. The SMILES string of the molecule is CC(C1CC1)N(C)CC(=O)c1ccc2c(c1)CCC2. The second kappa shape index (κ2) is 5.09. The van der Waals surface area contributed by atoms with Gasteiger partial charge in [0.2, 0.25) is 0 Å². The third-order valence-electron chi connectivity index (χ3n) is 4.81. The lowest BCUT2D eigenvalue weighted by Crippen LogP contribution is -2.35. The zero-order valence-electron chi connectivity index (χ0n) is 12.0. The molecule has 0 bridgehead atoms. The normalized spacial score (nSPS) is 19.5. The van der Waals surface area contributed by atoms with Crippen LogP contribution in [0.2, 0.25) is 0 Å². The lowest BCUT2D eigenvalue weighted by molar-refractivity contribution is 0.0917. The van der Waals surface area contributed by atoms with Gasteiger partial charge in [-0.2, -0.15) is 0 Å². The Morgan fingerprint density at radius 2 is 2.05 bits per heavy atom. The molecule has 0 spiro atoms. The molecule has 3 rings (SSSR count). The van der Waals surface area contributed by atoms with Gasteiger partial charge in [0.15, 0.2) is 5.78 Å². The number of fused-ring (bicyclic) bond motifs is 1. The maximum atomic E-state index is 12.4. The van der Waals surface area contributed by atoms with Gasteiger partial charge >= 0.3 is 0 Å². The van der Waals surface area contributed by atoms with Crippen LogP contribution in [0.25, 0.3) is 0 Å². The molecule has 2 aliphatic carbocycles. The zero-order valence-corrected chi connectivity index (χ0v) is 12.0. The molecule has 0 aliphatic heterocycles. The first-order valence-corrected chi connectivity index (χ1v) is 7.50. The number of ketones is 1. The second-order valence-corrected chi connectivity index (χ2v) is 6.25. The van der Waals surface area contributed by atoms with Crippen molar-refractivity contribution in [3.63, 3.8) is 0 Å². The molecule has 0 N–H and O–H groups in total. The van der Waals surface area contributed by atoms with Gasteiger partial charge in [0.1, 0.15) is 0 Å². The Bertz CT molecular complexity index is 490. The number of likely N-dealkylation sites (N-methyl/N-ethyl adjacent to an activating group) is 1. The highest BCUT2D eigenvalue weighted by molar-refractivity contribution is 5.97. The molecule has 102 valence electrons. The fourth-order valence-corrected chi connectivity index (χ4v) is 3.15. The highest BCUT2D eigenvalue weighted by atomic mass is 16.1. The number of carbonyl (C=O) groups excluding carboxylic acids is 1. The molecule has 1 unspecified atom stereocenters. The number of hydrogen-bond acceptors (Lipinski definition) is 2.